The highest BCUT2D eigenvalue weighted by Gasteiger charge is 2.24. The van der Waals surface area contributed by atoms with Crippen LogP contribution in [-0.4, -0.2) is 24.5 Å². The molecule has 1 atom stereocenters. The molecule has 1 N–H and O–H groups in total. The third kappa shape index (κ3) is 4.83. The van der Waals surface area contributed by atoms with Crippen molar-refractivity contribution in [2.24, 2.45) is 11.8 Å². The highest BCUT2D eigenvalue weighted by molar-refractivity contribution is 5.85. The van der Waals surface area contributed by atoms with Crippen LogP contribution in [0.2, 0.25) is 0 Å². The van der Waals surface area contributed by atoms with E-state index in [9.17, 15) is 19.5 Å². The molecule has 0 saturated heterocycles. The average Bonchev–Trinajstić information content (AvgIpc) is 2.73. The van der Waals surface area contributed by atoms with Crippen molar-refractivity contribution in [3.8, 4) is 5.75 Å². The lowest BCUT2D eigenvalue weighted by Gasteiger charge is -2.29. The summed E-state index contributed by atoms with van der Waals surface area (Å²) in [5.74, 6) is -0.826. The van der Waals surface area contributed by atoms with Crippen LogP contribution >= 0.6 is 0 Å². The molecular formula is C23H28NO6-. The first-order valence-corrected chi connectivity index (χ1v) is 10.5. The van der Waals surface area contributed by atoms with Gasteiger partial charge in [-0.1, -0.05) is 6.92 Å². The summed E-state index contributed by atoms with van der Waals surface area (Å²) in [6.45, 7) is 5.95. The van der Waals surface area contributed by atoms with Gasteiger partial charge in [0.25, 0.3) is 5.91 Å². The minimum absolute atomic E-state index is 0.236. The van der Waals surface area contributed by atoms with Crippen molar-refractivity contribution < 1.29 is 23.8 Å². The molecule has 1 heterocycles. The second-order valence-electron chi connectivity index (χ2n) is 8.05. The molecule has 2 aromatic rings. The van der Waals surface area contributed by atoms with E-state index in [-0.39, 0.29) is 17.7 Å². The number of nitrogens with one attached hydrogen (secondary N) is 1. The lowest BCUT2D eigenvalue weighted by atomic mass is 9.82. The number of fused-ring (bicyclic) bond motifs is 1. The van der Waals surface area contributed by atoms with Crippen molar-refractivity contribution >= 4 is 22.8 Å². The molecule has 1 aromatic carbocycles. The Labute approximate surface area is 175 Å². The molecule has 7 heteroatoms. The van der Waals surface area contributed by atoms with Crippen LogP contribution in [0.1, 0.15) is 50.7 Å². The molecule has 1 amide bonds. The van der Waals surface area contributed by atoms with Crippen molar-refractivity contribution in [2.75, 3.05) is 6.54 Å². The smallest absolute Gasteiger partial charge is 0.336 e. The summed E-state index contributed by atoms with van der Waals surface area (Å²) in [5, 5.41) is 14.7. The Morgan fingerprint density at radius 2 is 1.97 bits per heavy atom. The predicted octanol–water partition coefficient (Wildman–Crippen LogP) is 2.10. The first kappa shape index (κ1) is 21.9. The van der Waals surface area contributed by atoms with Crippen molar-refractivity contribution in [2.45, 2.75) is 59.0 Å². The number of carbonyl (C=O) groups is 2. The Balaban J connectivity index is 1.61. The molecule has 1 fully saturated rings. The maximum Gasteiger partial charge on any atom is 0.336 e. The van der Waals surface area contributed by atoms with Gasteiger partial charge in [-0.3, -0.25) is 4.79 Å². The summed E-state index contributed by atoms with van der Waals surface area (Å²) in [5.41, 5.74) is 1.67. The fourth-order valence-corrected chi connectivity index (χ4v) is 4.06. The molecule has 1 aliphatic rings. The van der Waals surface area contributed by atoms with Crippen LogP contribution in [0, 0.1) is 18.8 Å². The Morgan fingerprint density at radius 1 is 1.27 bits per heavy atom. The van der Waals surface area contributed by atoms with Crippen molar-refractivity contribution in [1.29, 1.82) is 0 Å². The normalized spacial score (nSPS) is 20.0. The summed E-state index contributed by atoms with van der Waals surface area (Å²) in [4.78, 5) is 35.3. The van der Waals surface area contributed by atoms with Gasteiger partial charge in [-0.25, -0.2) is 4.79 Å². The van der Waals surface area contributed by atoms with Crippen LogP contribution in [0.3, 0.4) is 0 Å². The van der Waals surface area contributed by atoms with Gasteiger partial charge >= 0.3 is 5.63 Å². The van der Waals surface area contributed by atoms with E-state index >= 15 is 0 Å². The summed E-state index contributed by atoms with van der Waals surface area (Å²) in [6, 6.07) is 5.14. The third-order valence-corrected chi connectivity index (χ3v) is 6.00. The molecule has 3 rings (SSSR count). The van der Waals surface area contributed by atoms with Gasteiger partial charge < -0.3 is 24.4 Å². The van der Waals surface area contributed by atoms with Crippen molar-refractivity contribution in [3.63, 3.8) is 0 Å². The second kappa shape index (κ2) is 9.32. The van der Waals surface area contributed by atoms with E-state index in [1.165, 1.54) is 6.07 Å². The standard InChI is InChI=1S/C23H29NO6/c1-4-16-11-20(25)30-21-13(2)19(10-9-18(16)21)29-14(3)22(26)24-12-15-5-7-17(8-6-15)23(27)28/h9-11,14-15,17H,4-8,12H2,1-3H3,(H,24,26)(H,27,28)/p-1/t14-,15?,17?/m1/s1. The van der Waals surface area contributed by atoms with Gasteiger partial charge in [-0.15, -0.1) is 0 Å². The molecule has 1 saturated carbocycles. The topological polar surface area (TPSA) is 109 Å². The molecule has 0 aliphatic heterocycles. The maximum absolute atomic E-state index is 12.5. The minimum atomic E-state index is -0.979. The fraction of sp³-hybridized carbons (Fsp3) is 0.522. The van der Waals surface area contributed by atoms with E-state index in [1.807, 2.05) is 13.0 Å². The van der Waals surface area contributed by atoms with Gasteiger partial charge in [0, 0.05) is 29.5 Å². The van der Waals surface area contributed by atoms with Gasteiger partial charge in [-0.2, -0.15) is 0 Å². The maximum atomic E-state index is 12.5. The number of carboxylic acids is 1. The molecular weight excluding hydrogens is 386 g/mol. The van der Waals surface area contributed by atoms with E-state index in [2.05, 4.69) is 5.32 Å². The van der Waals surface area contributed by atoms with Gasteiger partial charge in [-0.05, 0) is 75.5 Å². The molecule has 7 nitrogen and oxygen atoms in total. The zero-order valence-electron chi connectivity index (χ0n) is 17.7. The van der Waals surface area contributed by atoms with Gasteiger partial charge in [0.1, 0.15) is 11.3 Å². The number of carbonyl (C=O) groups excluding carboxylic acids is 2. The van der Waals surface area contributed by atoms with E-state index in [4.69, 9.17) is 9.15 Å². The monoisotopic (exact) mass is 414 g/mol. The molecule has 162 valence electrons. The Bertz CT molecular complexity index is 987. The minimum Gasteiger partial charge on any atom is -0.550 e. The average molecular weight is 414 g/mol. The van der Waals surface area contributed by atoms with Crippen molar-refractivity contribution in [3.05, 3.63) is 39.7 Å². The Kier molecular flexibility index (Phi) is 6.80. The molecule has 0 spiro atoms. The number of hydrogen-bond donors (Lipinski definition) is 1. The first-order valence-electron chi connectivity index (χ1n) is 10.5. The number of benzene rings is 1. The van der Waals surface area contributed by atoms with E-state index in [0.717, 1.165) is 23.8 Å². The van der Waals surface area contributed by atoms with Crippen LogP contribution in [0.25, 0.3) is 11.0 Å². The summed E-state index contributed by atoms with van der Waals surface area (Å²) >= 11 is 0. The number of hydrogen-bond acceptors (Lipinski definition) is 6. The number of rotatable bonds is 7. The number of aryl methyl sites for hydroxylation is 2. The van der Waals surface area contributed by atoms with E-state index in [0.29, 0.717) is 42.7 Å². The van der Waals surface area contributed by atoms with Crippen LogP contribution in [0.5, 0.6) is 5.75 Å². The van der Waals surface area contributed by atoms with E-state index in [1.54, 1.807) is 19.9 Å². The summed E-state index contributed by atoms with van der Waals surface area (Å²) in [7, 11) is 0. The lowest BCUT2D eigenvalue weighted by Crippen LogP contribution is -2.40. The third-order valence-electron chi connectivity index (χ3n) is 6.00. The molecule has 0 unspecified atom stereocenters. The second-order valence-corrected chi connectivity index (χ2v) is 8.05. The van der Waals surface area contributed by atoms with Gasteiger partial charge in [0.05, 0.1) is 0 Å². The molecule has 0 bridgehead atoms. The lowest BCUT2D eigenvalue weighted by molar-refractivity contribution is -0.312. The Morgan fingerprint density at radius 3 is 2.60 bits per heavy atom. The highest BCUT2D eigenvalue weighted by atomic mass is 16.5. The number of ether oxygens (including phenoxy) is 1. The zero-order chi connectivity index (χ0) is 21.8. The molecule has 1 aromatic heterocycles. The first-order chi connectivity index (χ1) is 14.3. The number of aliphatic carboxylic acids is 1. The largest absolute Gasteiger partial charge is 0.550 e. The summed E-state index contributed by atoms with van der Waals surface area (Å²) in [6.07, 6.45) is 2.70. The predicted molar refractivity (Wildman–Crippen MR) is 110 cm³/mol. The van der Waals surface area contributed by atoms with Crippen molar-refractivity contribution in [1.82, 2.24) is 5.32 Å². The van der Waals surface area contributed by atoms with Crippen LogP contribution in [0.4, 0.5) is 0 Å². The van der Waals surface area contributed by atoms with E-state index < -0.39 is 17.7 Å². The summed E-state index contributed by atoms with van der Waals surface area (Å²) < 4.78 is 11.2. The molecule has 30 heavy (non-hydrogen) atoms. The molecule has 0 radical (unpaired) electrons. The quantitative estimate of drug-likeness (QED) is 0.695. The number of carboxylic acid groups (broad SMARTS) is 1. The Hall–Kier alpha value is -2.83. The highest BCUT2D eigenvalue weighted by Crippen LogP contribution is 2.30. The van der Waals surface area contributed by atoms with Gasteiger partial charge in [0.15, 0.2) is 6.10 Å². The zero-order valence-corrected chi connectivity index (χ0v) is 17.7. The SMILES string of the molecule is CCc1cc(=O)oc2c(C)c(O[C@H](C)C(=O)NCC3CCC(C(=O)[O-])CC3)ccc12. The van der Waals surface area contributed by atoms with Gasteiger partial charge in [0.2, 0.25) is 0 Å². The van der Waals surface area contributed by atoms with Crippen LogP contribution < -0.4 is 20.8 Å². The molecule has 1 aliphatic carbocycles. The fourth-order valence-electron chi connectivity index (χ4n) is 4.06. The van der Waals surface area contributed by atoms with Crippen LogP contribution in [0.15, 0.2) is 27.4 Å². The van der Waals surface area contributed by atoms with Crippen LogP contribution in [-0.2, 0) is 16.0 Å². The number of amides is 1.